The predicted octanol–water partition coefficient (Wildman–Crippen LogP) is 1.83. The number of hydrogen-bond acceptors (Lipinski definition) is 8. The van der Waals surface area contributed by atoms with E-state index in [9.17, 15) is 27.4 Å². The predicted molar refractivity (Wildman–Crippen MR) is 185 cm³/mol. The fourth-order valence-corrected chi connectivity index (χ4v) is 8.45. The standard InChI is InChI=1S/C38H41N4O7S.ClH/c1-37(2)27-16-14-25-10-9-20-39-22-23-41(36(27)35(25)39)31(37)12-8-11-30-38(3,4)28-24-26(50(46,47)48)15-17-29(28)40(30)21-7-5-6-13-34(45)49-42-32(43)18-19-33(42)44;/h8-12,14-17,20,24H,5-7,13,18-19,21-23H2,1-4H3;1H/q+1;/p-1. The van der Waals surface area contributed by atoms with E-state index in [4.69, 9.17) is 4.84 Å². The summed E-state index contributed by atoms with van der Waals surface area (Å²) in [5.74, 6) is -1.63. The Bertz CT molecular complexity index is 2170. The van der Waals surface area contributed by atoms with Crippen molar-refractivity contribution in [1.29, 1.82) is 0 Å². The zero-order valence-electron chi connectivity index (χ0n) is 29.1. The Kier molecular flexibility index (Phi) is 9.49. The number of pyridine rings is 1. The van der Waals surface area contributed by atoms with Gasteiger partial charge in [-0.25, -0.2) is 13.2 Å². The molecule has 51 heavy (non-hydrogen) atoms. The topological polar surface area (TPSA) is 131 Å². The molecule has 13 heteroatoms. The molecular weight excluding hydrogens is 692 g/mol. The number of imide groups is 1. The number of hydrogen-bond donors (Lipinski definition) is 0. The molecule has 4 aliphatic heterocycles. The van der Waals surface area contributed by atoms with Gasteiger partial charge in [0, 0.05) is 60.3 Å². The SMILES string of the molecule is CC1(C)C(/C=C/C=C2\N(CCCCCC(=O)ON3C(=O)CCC3=O)c3ccc(S(=O)(=O)[O-])cc3C2(C)C)=[N+]2CC[n+]3cccc4ccc1c2c43.[Cl-]. The van der Waals surface area contributed by atoms with E-state index in [1.807, 2.05) is 13.8 Å². The van der Waals surface area contributed by atoms with Crippen LogP contribution in [0.4, 0.5) is 11.4 Å². The Morgan fingerprint density at radius 1 is 0.961 bits per heavy atom. The van der Waals surface area contributed by atoms with Gasteiger partial charge in [0.2, 0.25) is 13.1 Å². The van der Waals surface area contributed by atoms with Crippen LogP contribution in [0.5, 0.6) is 0 Å². The summed E-state index contributed by atoms with van der Waals surface area (Å²) in [6.07, 6.45) is 10.5. The first-order chi connectivity index (χ1) is 23.7. The smallest absolute Gasteiger partial charge is 0.333 e. The van der Waals surface area contributed by atoms with Crippen molar-refractivity contribution >= 4 is 55.9 Å². The summed E-state index contributed by atoms with van der Waals surface area (Å²) in [6, 6.07) is 13.3. The van der Waals surface area contributed by atoms with Crippen LogP contribution in [0, 0.1) is 0 Å². The summed E-state index contributed by atoms with van der Waals surface area (Å²) in [6.45, 7) is 10.9. The number of nitrogens with zero attached hydrogens (tertiary/aromatic N) is 4. The number of carbonyl (C=O) groups is 3. The van der Waals surface area contributed by atoms with E-state index in [1.54, 1.807) is 6.07 Å². The van der Waals surface area contributed by atoms with E-state index in [0.717, 1.165) is 30.0 Å². The number of unbranched alkanes of at least 4 members (excludes halogenated alkanes) is 2. The van der Waals surface area contributed by atoms with Crippen LogP contribution in [-0.2, 0) is 46.7 Å². The highest BCUT2D eigenvalue weighted by Crippen LogP contribution is 2.49. The van der Waals surface area contributed by atoms with Crippen molar-refractivity contribution in [2.45, 2.75) is 88.5 Å². The van der Waals surface area contributed by atoms with Crippen LogP contribution >= 0.6 is 0 Å². The van der Waals surface area contributed by atoms with E-state index < -0.39 is 33.3 Å². The molecule has 0 atom stereocenters. The molecule has 11 nitrogen and oxygen atoms in total. The first kappa shape index (κ1) is 36.4. The molecule has 0 bridgehead atoms. The molecule has 5 heterocycles. The molecule has 0 spiro atoms. The van der Waals surface area contributed by atoms with Crippen LogP contribution < -0.4 is 21.9 Å². The zero-order valence-corrected chi connectivity index (χ0v) is 30.7. The first-order valence-electron chi connectivity index (χ1n) is 17.1. The second kappa shape index (κ2) is 13.3. The molecule has 0 radical (unpaired) electrons. The van der Waals surface area contributed by atoms with Crippen LogP contribution in [0.2, 0.25) is 0 Å². The number of carbonyl (C=O) groups excluding carboxylic acids is 3. The average Bonchev–Trinajstić information content (AvgIpc) is 3.58. The van der Waals surface area contributed by atoms with E-state index in [1.165, 1.54) is 40.0 Å². The largest absolute Gasteiger partial charge is 1.00 e. The van der Waals surface area contributed by atoms with Crippen molar-refractivity contribution in [2.24, 2.45) is 0 Å². The highest BCUT2D eigenvalue weighted by atomic mass is 35.5. The number of hydroxylamine groups is 2. The van der Waals surface area contributed by atoms with Crippen LogP contribution in [0.1, 0.15) is 77.3 Å². The molecule has 7 rings (SSSR count). The average molecular weight is 733 g/mol. The molecule has 1 fully saturated rings. The molecule has 2 aromatic carbocycles. The molecule has 0 unspecified atom stereocenters. The van der Waals surface area contributed by atoms with Gasteiger partial charge in [-0.2, -0.15) is 9.14 Å². The minimum atomic E-state index is -4.65. The fourth-order valence-electron chi connectivity index (χ4n) is 7.96. The summed E-state index contributed by atoms with van der Waals surface area (Å²) in [4.78, 5) is 42.8. The van der Waals surface area contributed by atoms with Gasteiger partial charge in [-0.15, -0.1) is 5.06 Å². The van der Waals surface area contributed by atoms with Crippen LogP contribution in [0.3, 0.4) is 0 Å². The van der Waals surface area contributed by atoms with Gasteiger partial charge in [0.05, 0.1) is 15.7 Å². The molecule has 3 aromatic rings. The van der Waals surface area contributed by atoms with E-state index in [0.29, 0.717) is 30.9 Å². The number of amides is 2. The summed E-state index contributed by atoms with van der Waals surface area (Å²) < 4.78 is 40.7. The number of fused-ring (bicyclic) bond motifs is 1. The molecule has 268 valence electrons. The number of rotatable bonds is 10. The third kappa shape index (κ3) is 6.27. The molecule has 0 aliphatic carbocycles. The van der Waals surface area contributed by atoms with Gasteiger partial charge in [0.1, 0.15) is 10.1 Å². The van der Waals surface area contributed by atoms with Crippen molar-refractivity contribution in [1.82, 2.24) is 5.06 Å². The lowest BCUT2D eigenvalue weighted by Crippen LogP contribution is -3.00. The van der Waals surface area contributed by atoms with Gasteiger partial charge < -0.3 is 26.7 Å². The summed E-state index contributed by atoms with van der Waals surface area (Å²) in [5.41, 5.74) is 6.73. The molecule has 0 saturated carbocycles. The maximum Gasteiger partial charge on any atom is 0.333 e. The number of halogens is 1. The Hall–Kier alpha value is -4.39. The Morgan fingerprint density at radius 2 is 1.71 bits per heavy atom. The molecule has 4 aliphatic rings. The van der Waals surface area contributed by atoms with Gasteiger partial charge in [-0.05, 0) is 68.7 Å². The van der Waals surface area contributed by atoms with Gasteiger partial charge in [-0.3, -0.25) is 9.59 Å². The van der Waals surface area contributed by atoms with Crippen molar-refractivity contribution in [2.75, 3.05) is 18.0 Å². The van der Waals surface area contributed by atoms with Gasteiger partial charge >= 0.3 is 5.97 Å². The Morgan fingerprint density at radius 3 is 2.43 bits per heavy atom. The molecule has 1 saturated heterocycles. The van der Waals surface area contributed by atoms with Gasteiger partial charge in [0.15, 0.2) is 11.9 Å². The van der Waals surface area contributed by atoms with E-state index in [2.05, 4.69) is 76.6 Å². The number of benzene rings is 2. The van der Waals surface area contributed by atoms with E-state index >= 15 is 0 Å². The fraction of sp³-hybridized carbons (Fsp3) is 0.395. The monoisotopic (exact) mass is 732 g/mol. The normalized spacial score (nSPS) is 19.4. The van der Waals surface area contributed by atoms with Crippen molar-refractivity contribution < 1.29 is 53.7 Å². The van der Waals surface area contributed by atoms with E-state index in [-0.39, 0.29) is 42.0 Å². The third-order valence-corrected chi connectivity index (χ3v) is 11.4. The number of aromatic nitrogens is 1. The van der Waals surface area contributed by atoms with Crippen molar-refractivity contribution in [3.05, 3.63) is 83.7 Å². The Labute approximate surface area is 304 Å². The maximum absolute atomic E-state index is 12.3. The minimum Gasteiger partial charge on any atom is -1.00 e. The summed E-state index contributed by atoms with van der Waals surface area (Å²) in [7, 11) is -4.65. The molecule has 0 N–H and O–H groups in total. The third-order valence-electron chi connectivity index (χ3n) is 10.6. The molecule has 1 aromatic heterocycles. The molecular formula is C38H41ClN4O7S. The zero-order chi connectivity index (χ0) is 35.6. The second-order valence-electron chi connectivity index (χ2n) is 14.4. The summed E-state index contributed by atoms with van der Waals surface area (Å²) >= 11 is 0. The maximum atomic E-state index is 12.3. The minimum absolute atomic E-state index is 0. The lowest BCUT2D eigenvalue weighted by Gasteiger charge is -2.27. The van der Waals surface area contributed by atoms with Crippen molar-refractivity contribution in [3.8, 4) is 0 Å². The Balaban J connectivity index is 0.00000448. The van der Waals surface area contributed by atoms with Gasteiger partial charge in [-0.1, -0.05) is 32.4 Å². The lowest BCUT2D eigenvalue weighted by molar-refractivity contribution is -0.706. The van der Waals surface area contributed by atoms with Crippen LogP contribution in [0.15, 0.2) is 77.5 Å². The number of allylic oxidation sites excluding steroid dienone is 4. The lowest BCUT2D eigenvalue weighted by atomic mass is 9.81. The van der Waals surface area contributed by atoms with Gasteiger partial charge in [0.25, 0.3) is 23.0 Å². The molecule has 2 amide bonds. The van der Waals surface area contributed by atoms with Crippen LogP contribution in [-0.4, -0.2) is 59.2 Å². The second-order valence-corrected chi connectivity index (χ2v) is 15.8. The highest BCUT2D eigenvalue weighted by molar-refractivity contribution is 7.85. The first-order valence-corrected chi connectivity index (χ1v) is 18.5. The quantitative estimate of drug-likeness (QED) is 0.134. The highest BCUT2D eigenvalue weighted by Gasteiger charge is 2.49. The summed E-state index contributed by atoms with van der Waals surface area (Å²) in [5, 5.41) is 1.79. The van der Waals surface area contributed by atoms with Crippen molar-refractivity contribution in [3.63, 3.8) is 0 Å². The van der Waals surface area contributed by atoms with Crippen LogP contribution in [0.25, 0.3) is 10.9 Å². The number of anilines is 1.